The fourth-order valence-electron chi connectivity index (χ4n) is 0.985. The molecule has 0 spiro atoms. The zero-order valence-corrected chi connectivity index (χ0v) is 8.17. The van der Waals surface area contributed by atoms with Gasteiger partial charge in [-0.05, 0) is 24.7 Å². The van der Waals surface area contributed by atoms with Crippen LogP contribution in [0.5, 0.6) is 0 Å². The lowest BCUT2D eigenvalue weighted by molar-refractivity contribution is 0.518. The van der Waals surface area contributed by atoms with Crippen LogP contribution in [0.25, 0.3) is 0 Å². The number of rotatable bonds is 5. The number of hydrogen-bond donors (Lipinski definition) is 0. The maximum atomic E-state index is 5.62. The van der Waals surface area contributed by atoms with Crippen LogP contribution in [-0.2, 0) is 0 Å². The summed E-state index contributed by atoms with van der Waals surface area (Å²) in [7, 11) is 0. The van der Waals surface area contributed by atoms with Gasteiger partial charge >= 0.3 is 0 Å². The van der Waals surface area contributed by atoms with Gasteiger partial charge in [-0.2, -0.15) is 0 Å². The van der Waals surface area contributed by atoms with Crippen molar-refractivity contribution in [1.29, 1.82) is 0 Å². The summed E-state index contributed by atoms with van der Waals surface area (Å²) >= 11 is 11.2. The molecule has 0 aliphatic carbocycles. The van der Waals surface area contributed by atoms with Crippen molar-refractivity contribution in [3.8, 4) is 0 Å². The minimum atomic E-state index is 0.634. The van der Waals surface area contributed by atoms with Crippen LogP contribution in [0.15, 0.2) is 0 Å². The molecule has 0 aromatic carbocycles. The van der Waals surface area contributed by atoms with Gasteiger partial charge in [-0.25, -0.2) is 0 Å². The molecular weight excluding hydrogens is 167 g/mol. The lowest BCUT2D eigenvalue weighted by Crippen LogP contribution is -2.08. The van der Waals surface area contributed by atoms with E-state index in [0.29, 0.717) is 5.92 Å². The molecule has 0 aliphatic heterocycles. The minimum Gasteiger partial charge on any atom is -0.127 e. The van der Waals surface area contributed by atoms with E-state index >= 15 is 0 Å². The van der Waals surface area contributed by atoms with Crippen LogP contribution in [0.4, 0.5) is 0 Å². The van der Waals surface area contributed by atoms with Gasteiger partial charge in [0.05, 0.1) is 0 Å². The van der Waals surface area contributed by atoms with Crippen molar-refractivity contribution in [3.63, 3.8) is 0 Å². The summed E-state index contributed by atoms with van der Waals surface area (Å²) in [5, 5.41) is 0. The average Bonchev–Trinajstić information content (AvgIpc) is 1.87. The van der Waals surface area contributed by atoms with E-state index in [2.05, 4.69) is 13.8 Å². The molecule has 0 unspecified atom stereocenters. The van der Waals surface area contributed by atoms with Crippen LogP contribution in [0, 0.1) is 11.8 Å². The van der Waals surface area contributed by atoms with Crippen molar-refractivity contribution in [2.75, 3.05) is 11.8 Å². The lowest BCUT2D eigenvalue weighted by atomic mass is 9.91. The van der Waals surface area contributed by atoms with Gasteiger partial charge in [0.1, 0.15) is 0 Å². The summed E-state index contributed by atoms with van der Waals surface area (Å²) in [5.74, 6) is 3.57. The summed E-state index contributed by atoms with van der Waals surface area (Å²) < 4.78 is 0. The normalized spacial score (nSPS) is 11.4. The number of alkyl halides is 2. The molecule has 0 aromatic heterocycles. The summed E-state index contributed by atoms with van der Waals surface area (Å²) in [6.45, 7) is 4.29. The Morgan fingerprint density at radius 3 is 1.70 bits per heavy atom. The van der Waals surface area contributed by atoms with Crippen molar-refractivity contribution < 1.29 is 0 Å². The molecule has 0 saturated carbocycles. The standard InChI is InChI=1S/C8H15Cl2/c1-7(2)8(3-5-9)4-6-10/h8H,3-6H2,1-2H3. The summed E-state index contributed by atoms with van der Waals surface area (Å²) in [4.78, 5) is 0. The topological polar surface area (TPSA) is 0 Å². The van der Waals surface area contributed by atoms with Crippen molar-refractivity contribution in [2.45, 2.75) is 26.7 Å². The highest BCUT2D eigenvalue weighted by Crippen LogP contribution is 2.21. The van der Waals surface area contributed by atoms with Crippen LogP contribution < -0.4 is 0 Å². The molecule has 0 heterocycles. The van der Waals surface area contributed by atoms with Crippen LogP contribution in [0.3, 0.4) is 0 Å². The zero-order chi connectivity index (χ0) is 7.98. The van der Waals surface area contributed by atoms with E-state index in [1.165, 1.54) is 5.92 Å². The van der Waals surface area contributed by atoms with Crippen LogP contribution in [0.1, 0.15) is 26.7 Å². The molecule has 0 fully saturated rings. The van der Waals surface area contributed by atoms with Crippen LogP contribution in [-0.4, -0.2) is 11.8 Å². The van der Waals surface area contributed by atoms with E-state index in [1.807, 2.05) is 0 Å². The average molecular weight is 182 g/mol. The molecule has 2 heteroatoms. The molecule has 0 saturated heterocycles. The third-order valence-corrected chi connectivity index (χ3v) is 2.17. The van der Waals surface area contributed by atoms with E-state index < -0.39 is 0 Å². The second-order valence-corrected chi connectivity index (χ2v) is 3.49. The Morgan fingerprint density at radius 2 is 1.50 bits per heavy atom. The fraction of sp³-hybridized carbons (Fsp3) is 0.875. The Hall–Kier alpha value is 0.580. The summed E-state index contributed by atoms with van der Waals surface area (Å²) in [6, 6.07) is 0. The summed E-state index contributed by atoms with van der Waals surface area (Å²) in [6.07, 6.45) is 2.13. The van der Waals surface area contributed by atoms with Crippen molar-refractivity contribution >= 4 is 23.2 Å². The fourth-order valence-corrected chi connectivity index (χ4v) is 1.51. The highest BCUT2D eigenvalue weighted by Gasteiger charge is 2.11. The van der Waals surface area contributed by atoms with Crippen molar-refractivity contribution in [2.24, 2.45) is 5.92 Å². The third kappa shape index (κ3) is 4.40. The van der Waals surface area contributed by atoms with E-state index in [-0.39, 0.29) is 0 Å². The molecule has 0 amide bonds. The Labute approximate surface area is 73.9 Å². The van der Waals surface area contributed by atoms with Crippen LogP contribution in [0.2, 0.25) is 0 Å². The quantitative estimate of drug-likeness (QED) is 0.571. The van der Waals surface area contributed by atoms with E-state index in [9.17, 15) is 0 Å². The van der Waals surface area contributed by atoms with Gasteiger partial charge in [0, 0.05) is 11.8 Å². The van der Waals surface area contributed by atoms with Crippen LogP contribution >= 0.6 is 23.2 Å². The zero-order valence-electron chi connectivity index (χ0n) is 6.66. The molecule has 0 N–H and O–H groups in total. The molecule has 0 atom stereocenters. The Morgan fingerprint density at radius 1 is 1.10 bits per heavy atom. The molecule has 61 valence electrons. The molecule has 0 aromatic rings. The molecule has 1 radical (unpaired) electrons. The highest BCUT2D eigenvalue weighted by molar-refractivity contribution is 6.18. The van der Waals surface area contributed by atoms with Gasteiger partial charge in [0.25, 0.3) is 0 Å². The first-order chi connectivity index (χ1) is 4.72. The largest absolute Gasteiger partial charge is 0.127 e. The number of halogens is 2. The molecule has 0 aliphatic rings. The first kappa shape index (κ1) is 10.6. The van der Waals surface area contributed by atoms with Crippen molar-refractivity contribution in [3.05, 3.63) is 5.92 Å². The molecule has 0 rings (SSSR count). The Bertz CT molecular complexity index is 65.7. The lowest BCUT2D eigenvalue weighted by Gasteiger charge is -2.17. The third-order valence-electron chi connectivity index (χ3n) is 1.73. The monoisotopic (exact) mass is 181 g/mol. The second-order valence-electron chi connectivity index (χ2n) is 2.73. The first-order valence-electron chi connectivity index (χ1n) is 3.64. The van der Waals surface area contributed by atoms with Gasteiger partial charge in [-0.1, -0.05) is 13.8 Å². The van der Waals surface area contributed by atoms with E-state index in [1.54, 1.807) is 0 Å². The maximum Gasteiger partial charge on any atom is 0.0226 e. The Kier molecular flexibility index (Phi) is 6.67. The summed E-state index contributed by atoms with van der Waals surface area (Å²) in [5.41, 5.74) is 0. The van der Waals surface area contributed by atoms with Gasteiger partial charge < -0.3 is 0 Å². The Balaban J connectivity index is 3.50. The SMILES string of the molecule is C[C](C)C(CCCl)CCCl. The van der Waals surface area contributed by atoms with Gasteiger partial charge in [-0.15, -0.1) is 23.2 Å². The molecule has 0 bridgehead atoms. The smallest absolute Gasteiger partial charge is 0.0226 e. The predicted molar refractivity (Wildman–Crippen MR) is 48.8 cm³/mol. The highest BCUT2D eigenvalue weighted by atomic mass is 35.5. The minimum absolute atomic E-state index is 0.634. The second kappa shape index (κ2) is 6.30. The molecule has 0 nitrogen and oxygen atoms in total. The van der Waals surface area contributed by atoms with Gasteiger partial charge in [0.15, 0.2) is 0 Å². The first-order valence-corrected chi connectivity index (χ1v) is 4.71. The van der Waals surface area contributed by atoms with Gasteiger partial charge in [-0.3, -0.25) is 0 Å². The molecule has 10 heavy (non-hydrogen) atoms. The maximum absolute atomic E-state index is 5.62. The van der Waals surface area contributed by atoms with E-state index in [4.69, 9.17) is 23.2 Å². The van der Waals surface area contributed by atoms with Crippen molar-refractivity contribution in [1.82, 2.24) is 0 Å². The van der Waals surface area contributed by atoms with Gasteiger partial charge in [0.2, 0.25) is 0 Å². The molecular formula is C8H15Cl2. The predicted octanol–water partition coefficient (Wildman–Crippen LogP) is 3.47. The van der Waals surface area contributed by atoms with E-state index in [0.717, 1.165) is 24.6 Å². The number of hydrogen-bond acceptors (Lipinski definition) is 0.